The van der Waals surface area contributed by atoms with Crippen LogP contribution in [0.25, 0.3) is 0 Å². The first-order chi connectivity index (χ1) is 6.95. The van der Waals surface area contributed by atoms with Crippen molar-refractivity contribution in [2.24, 2.45) is 5.92 Å². The highest BCUT2D eigenvalue weighted by atomic mass is 15.2. The Hall–Kier alpha value is -0.0800. The van der Waals surface area contributed by atoms with Crippen molar-refractivity contribution in [3.05, 3.63) is 0 Å². The Bertz CT molecular complexity index is 189. The molecule has 2 heteroatoms. The molecule has 0 aromatic carbocycles. The third kappa shape index (κ3) is 3.76. The number of nitrogens with one attached hydrogen (secondary N) is 1. The highest BCUT2D eigenvalue weighted by molar-refractivity contribution is 4.84. The predicted octanol–water partition coefficient (Wildman–Crippen LogP) is 2.49. The molecule has 0 bridgehead atoms. The molecule has 1 N–H and O–H groups in total. The molecule has 0 spiro atoms. The topological polar surface area (TPSA) is 15.3 Å². The van der Waals surface area contributed by atoms with Crippen molar-refractivity contribution in [1.82, 2.24) is 10.2 Å². The molecule has 0 saturated carbocycles. The van der Waals surface area contributed by atoms with Gasteiger partial charge in [0.2, 0.25) is 0 Å². The molecule has 2 nitrogen and oxygen atoms in total. The summed E-state index contributed by atoms with van der Waals surface area (Å²) >= 11 is 0. The highest BCUT2D eigenvalue weighted by Crippen LogP contribution is 2.21. The largest absolute Gasteiger partial charge is 0.314 e. The van der Waals surface area contributed by atoms with E-state index in [1.807, 2.05) is 0 Å². The van der Waals surface area contributed by atoms with E-state index in [0.29, 0.717) is 11.6 Å². The minimum Gasteiger partial charge on any atom is -0.314 e. The first-order valence-corrected chi connectivity index (χ1v) is 6.44. The normalized spacial score (nSPS) is 31.0. The fourth-order valence-corrected chi connectivity index (χ4v) is 2.16. The summed E-state index contributed by atoms with van der Waals surface area (Å²) in [4.78, 5) is 2.68. The van der Waals surface area contributed by atoms with Crippen LogP contribution in [0.15, 0.2) is 0 Å². The van der Waals surface area contributed by atoms with Crippen LogP contribution >= 0.6 is 0 Å². The van der Waals surface area contributed by atoms with E-state index in [2.05, 4.69) is 44.8 Å². The molecule has 1 heterocycles. The quantitative estimate of drug-likeness (QED) is 0.756. The minimum atomic E-state index is 0.366. The summed E-state index contributed by atoms with van der Waals surface area (Å²) in [5.41, 5.74) is 0.366. The Kier molecular flexibility index (Phi) is 4.60. The van der Waals surface area contributed by atoms with Crippen LogP contribution < -0.4 is 5.32 Å². The van der Waals surface area contributed by atoms with E-state index < -0.39 is 0 Å². The maximum Gasteiger partial charge on any atom is 0.0150 e. The van der Waals surface area contributed by atoms with Gasteiger partial charge in [0.05, 0.1) is 0 Å². The zero-order chi connectivity index (χ0) is 11.5. The Morgan fingerprint density at radius 1 is 1.33 bits per heavy atom. The van der Waals surface area contributed by atoms with Gasteiger partial charge in [-0.1, -0.05) is 13.8 Å². The van der Waals surface area contributed by atoms with Crippen molar-refractivity contribution in [3.8, 4) is 0 Å². The second-order valence-electron chi connectivity index (χ2n) is 5.82. The summed E-state index contributed by atoms with van der Waals surface area (Å²) in [7, 11) is 0. The molecule has 1 aliphatic rings. The molecule has 0 aliphatic carbocycles. The number of hydrogen-bond donors (Lipinski definition) is 1. The lowest BCUT2D eigenvalue weighted by atomic mass is 9.95. The summed E-state index contributed by atoms with van der Waals surface area (Å²) in [5.74, 6) is 0.763. The second-order valence-corrected chi connectivity index (χ2v) is 5.82. The number of nitrogens with zero attached hydrogens (tertiary/aromatic N) is 1. The molecule has 2 atom stereocenters. The molecule has 90 valence electrons. The SMILES string of the molecule is CCC(C)(C)N1CCC(C)NCC(C)C1. The fraction of sp³-hybridized carbons (Fsp3) is 1.00. The summed E-state index contributed by atoms with van der Waals surface area (Å²) in [5, 5.41) is 3.60. The van der Waals surface area contributed by atoms with Gasteiger partial charge in [-0.25, -0.2) is 0 Å². The van der Waals surface area contributed by atoms with Gasteiger partial charge in [0.1, 0.15) is 0 Å². The third-order valence-electron chi connectivity index (χ3n) is 3.90. The van der Waals surface area contributed by atoms with Gasteiger partial charge < -0.3 is 5.32 Å². The third-order valence-corrected chi connectivity index (χ3v) is 3.90. The first kappa shape index (κ1) is 13.0. The van der Waals surface area contributed by atoms with E-state index in [1.165, 1.54) is 25.9 Å². The average molecular weight is 212 g/mol. The molecular weight excluding hydrogens is 184 g/mol. The fourth-order valence-electron chi connectivity index (χ4n) is 2.16. The van der Waals surface area contributed by atoms with Crippen molar-refractivity contribution in [1.29, 1.82) is 0 Å². The molecule has 2 unspecified atom stereocenters. The Balaban J connectivity index is 2.62. The predicted molar refractivity (Wildman–Crippen MR) is 67.2 cm³/mol. The highest BCUT2D eigenvalue weighted by Gasteiger charge is 2.27. The van der Waals surface area contributed by atoms with E-state index in [9.17, 15) is 0 Å². The van der Waals surface area contributed by atoms with Crippen LogP contribution in [0.1, 0.15) is 47.5 Å². The number of rotatable bonds is 2. The van der Waals surface area contributed by atoms with Crippen LogP contribution in [0, 0.1) is 5.92 Å². The van der Waals surface area contributed by atoms with Gasteiger partial charge in [-0.2, -0.15) is 0 Å². The van der Waals surface area contributed by atoms with Gasteiger partial charge in [0.25, 0.3) is 0 Å². The zero-order valence-corrected chi connectivity index (χ0v) is 11.1. The molecule has 15 heavy (non-hydrogen) atoms. The monoisotopic (exact) mass is 212 g/mol. The van der Waals surface area contributed by atoms with Crippen LogP contribution in [0.5, 0.6) is 0 Å². The van der Waals surface area contributed by atoms with Gasteiger partial charge >= 0.3 is 0 Å². The van der Waals surface area contributed by atoms with Crippen LogP contribution in [0.4, 0.5) is 0 Å². The molecule has 0 aromatic rings. The van der Waals surface area contributed by atoms with Crippen LogP contribution in [-0.2, 0) is 0 Å². The lowest BCUT2D eigenvalue weighted by Gasteiger charge is -2.42. The molecule has 0 aromatic heterocycles. The average Bonchev–Trinajstić information content (AvgIpc) is 2.18. The van der Waals surface area contributed by atoms with Gasteiger partial charge in [0.15, 0.2) is 0 Å². The Morgan fingerprint density at radius 3 is 2.60 bits per heavy atom. The maximum absolute atomic E-state index is 3.60. The molecule has 1 fully saturated rings. The van der Waals surface area contributed by atoms with E-state index in [4.69, 9.17) is 0 Å². The van der Waals surface area contributed by atoms with Crippen LogP contribution in [-0.4, -0.2) is 36.1 Å². The van der Waals surface area contributed by atoms with Gasteiger partial charge in [-0.15, -0.1) is 0 Å². The smallest absolute Gasteiger partial charge is 0.0150 e. The summed E-state index contributed by atoms with van der Waals surface area (Å²) in [6.07, 6.45) is 2.51. The van der Waals surface area contributed by atoms with Crippen LogP contribution in [0.3, 0.4) is 0 Å². The van der Waals surface area contributed by atoms with E-state index in [1.54, 1.807) is 0 Å². The Labute approximate surface area is 95.4 Å². The standard InChI is InChI=1S/C13H28N2/c1-6-13(4,5)15-8-7-12(3)14-9-11(2)10-15/h11-12,14H,6-10H2,1-5H3. The van der Waals surface area contributed by atoms with E-state index >= 15 is 0 Å². The summed E-state index contributed by atoms with van der Waals surface area (Å²) in [6, 6.07) is 0.669. The molecule has 0 amide bonds. The second kappa shape index (κ2) is 5.31. The van der Waals surface area contributed by atoms with E-state index in [0.717, 1.165) is 12.5 Å². The molecule has 1 saturated heterocycles. The van der Waals surface area contributed by atoms with Crippen molar-refractivity contribution < 1.29 is 0 Å². The molecular formula is C13H28N2. The number of hydrogen-bond acceptors (Lipinski definition) is 2. The first-order valence-electron chi connectivity index (χ1n) is 6.44. The summed E-state index contributed by atoms with van der Waals surface area (Å²) in [6.45, 7) is 15.3. The van der Waals surface area contributed by atoms with Gasteiger partial charge in [-0.05, 0) is 46.1 Å². The van der Waals surface area contributed by atoms with Crippen molar-refractivity contribution in [3.63, 3.8) is 0 Å². The van der Waals surface area contributed by atoms with Crippen LogP contribution in [0.2, 0.25) is 0 Å². The van der Waals surface area contributed by atoms with Crippen molar-refractivity contribution >= 4 is 0 Å². The lowest BCUT2D eigenvalue weighted by molar-refractivity contribution is 0.0832. The Morgan fingerprint density at radius 2 is 2.00 bits per heavy atom. The molecule has 1 aliphatic heterocycles. The lowest BCUT2D eigenvalue weighted by Crippen LogP contribution is -2.50. The maximum atomic E-state index is 3.60. The zero-order valence-electron chi connectivity index (χ0n) is 11.1. The molecule has 1 rings (SSSR count). The molecule has 0 radical (unpaired) electrons. The summed E-state index contributed by atoms with van der Waals surface area (Å²) < 4.78 is 0. The van der Waals surface area contributed by atoms with Crippen molar-refractivity contribution in [2.75, 3.05) is 19.6 Å². The van der Waals surface area contributed by atoms with Gasteiger partial charge in [-0.3, -0.25) is 4.90 Å². The minimum absolute atomic E-state index is 0.366. The van der Waals surface area contributed by atoms with Crippen molar-refractivity contribution in [2.45, 2.75) is 59.0 Å². The van der Waals surface area contributed by atoms with Gasteiger partial charge in [0, 0.05) is 24.7 Å². The van der Waals surface area contributed by atoms with E-state index in [-0.39, 0.29) is 0 Å².